The number of carbonyl (C=O) groups excluding carboxylic acids is 1. The average Bonchev–Trinajstić information content (AvgIpc) is 2.90. The van der Waals surface area contributed by atoms with Crippen molar-refractivity contribution in [2.75, 3.05) is 0 Å². The van der Waals surface area contributed by atoms with Crippen LogP contribution in [0.5, 0.6) is 0 Å². The van der Waals surface area contributed by atoms with Crippen LogP contribution in [0.25, 0.3) is 0 Å². The zero-order valence-corrected chi connectivity index (χ0v) is 24.7. The fourth-order valence-corrected chi connectivity index (χ4v) is 8.93. The summed E-state index contributed by atoms with van der Waals surface area (Å²) < 4.78 is 11.9. The Balaban J connectivity index is 1.22. The van der Waals surface area contributed by atoms with E-state index in [4.69, 9.17) is 9.47 Å². The van der Waals surface area contributed by atoms with E-state index in [1.54, 1.807) is 0 Å². The first kappa shape index (κ1) is 30.8. The first-order chi connectivity index (χ1) is 18.4. The van der Waals surface area contributed by atoms with Crippen molar-refractivity contribution in [3.05, 3.63) is 0 Å². The van der Waals surface area contributed by atoms with Crippen molar-refractivity contribution < 1.29 is 34.4 Å². The van der Waals surface area contributed by atoms with Crippen molar-refractivity contribution in [3.8, 4) is 0 Å². The molecule has 0 aliphatic heterocycles. The summed E-state index contributed by atoms with van der Waals surface area (Å²) in [5, 5.41) is 29.9. The molecule has 0 radical (unpaired) electrons. The van der Waals surface area contributed by atoms with Gasteiger partial charge in [-0.15, -0.1) is 0 Å². The molecule has 4 aliphatic carbocycles. The van der Waals surface area contributed by atoms with Gasteiger partial charge < -0.3 is 24.8 Å². The van der Waals surface area contributed by atoms with E-state index in [1.165, 1.54) is 0 Å². The molecule has 7 nitrogen and oxygen atoms in total. The molecule has 4 aliphatic rings. The van der Waals surface area contributed by atoms with Crippen LogP contribution in [0.4, 0.5) is 0 Å². The highest BCUT2D eigenvalue weighted by atomic mass is 16.5. The predicted octanol–water partition coefficient (Wildman–Crippen LogP) is 5.74. The molecule has 4 saturated carbocycles. The second kappa shape index (κ2) is 12.8. The Bertz CT molecular complexity index is 809. The van der Waals surface area contributed by atoms with Crippen LogP contribution in [-0.4, -0.2) is 58.3 Å². The van der Waals surface area contributed by atoms with Crippen molar-refractivity contribution in [1.82, 2.24) is 0 Å². The van der Waals surface area contributed by atoms with Crippen LogP contribution >= 0.6 is 0 Å². The Labute approximate surface area is 235 Å². The van der Waals surface area contributed by atoms with E-state index in [0.717, 1.165) is 70.6 Å². The Morgan fingerprint density at radius 1 is 0.667 bits per heavy atom. The number of ether oxygens (including phenoxy) is 2. The molecule has 0 aromatic heterocycles. The van der Waals surface area contributed by atoms with Crippen LogP contribution in [0.2, 0.25) is 0 Å². The molecule has 3 N–H and O–H groups in total. The second-order valence-electron chi connectivity index (χ2n) is 14.6. The van der Waals surface area contributed by atoms with E-state index in [9.17, 15) is 24.9 Å². The standard InChI is InChI=1S/C32H54O7/c1-31(2,22-9-15-27(34)26(17-22)30(36)37)20-5-11-24(12-6-20)39-25-13-7-21(8-14-25)32(3,4)23-10-16-28(35)29(18-23)38-19-33/h19-29,34-35H,5-18H2,1-4H3,(H,36,37). The van der Waals surface area contributed by atoms with E-state index >= 15 is 0 Å². The van der Waals surface area contributed by atoms with E-state index in [2.05, 4.69) is 27.7 Å². The van der Waals surface area contributed by atoms with Gasteiger partial charge in [-0.25, -0.2) is 0 Å². The number of hydrogen-bond donors (Lipinski definition) is 3. The van der Waals surface area contributed by atoms with Crippen LogP contribution in [0.15, 0.2) is 0 Å². The van der Waals surface area contributed by atoms with E-state index < -0.39 is 24.1 Å². The fraction of sp³-hybridized carbons (Fsp3) is 0.938. The smallest absolute Gasteiger partial charge is 0.309 e. The Hall–Kier alpha value is -1.18. The molecule has 224 valence electrons. The van der Waals surface area contributed by atoms with Crippen molar-refractivity contribution in [1.29, 1.82) is 0 Å². The van der Waals surface area contributed by atoms with Crippen LogP contribution in [0.3, 0.4) is 0 Å². The second-order valence-corrected chi connectivity index (χ2v) is 14.6. The molecule has 6 atom stereocenters. The minimum Gasteiger partial charge on any atom is -0.481 e. The third-order valence-electron chi connectivity index (χ3n) is 12.1. The first-order valence-electron chi connectivity index (χ1n) is 15.8. The summed E-state index contributed by atoms with van der Waals surface area (Å²) in [5.41, 5.74) is 0.224. The Morgan fingerprint density at radius 3 is 1.56 bits per heavy atom. The van der Waals surface area contributed by atoms with Crippen molar-refractivity contribution in [2.24, 2.45) is 40.4 Å². The highest BCUT2D eigenvalue weighted by Gasteiger charge is 2.46. The van der Waals surface area contributed by atoms with Gasteiger partial charge >= 0.3 is 5.97 Å². The molecular weight excluding hydrogens is 496 g/mol. The van der Waals surface area contributed by atoms with Gasteiger partial charge in [0.2, 0.25) is 0 Å². The van der Waals surface area contributed by atoms with Crippen molar-refractivity contribution in [2.45, 2.75) is 148 Å². The maximum atomic E-state index is 11.6. The predicted molar refractivity (Wildman–Crippen MR) is 149 cm³/mol. The van der Waals surface area contributed by atoms with Crippen LogP contribution < -0.4 is 0 Å². The molecular formula is C32H54O7. The molecule has 4 fully saturated rings. The number of carboxylic acids is 1. The van der Waals surface area contributed by atoms with Gasteiger partial charge in [-0.1, -0.05) is 27.7 Å². The van der Waals surface area contributed by atoms with Crippen LogP contribution in [0.1, 0.15) is 118 Å². The monoisotopic (exact) mass is 550 g/mol. The molecule has 0 spiro atoms. The zero-order chi connectivity index (χ0) is 28.4. The molecule has 6 unspecified atom stereocenters. The molecule has 4 rings (SSSR count). The zero-order valence-electron chi connectivity index (χ0n) is 24.7. The Morgan fingerprint density at radius 2 is 1.10 bits per heavy atom. The molecule has 0 saturated heterocycles. The summed E-state index contributed by atoms with van der Waals surface area (Å²) in [5.74, 6) is 0.505. The van der Waals surface area contributed by atoms with Crippen LogP contribution in [0, 0.1) is 40.4 Å². The lowest BCUT2D eigenvalue weighted by atomic mass is 9.59. The minimum absolute atomic E-state index is 0.0768. The van der Waals surface area contributed by atoms with Crippen molar-refractivity contribution in [3.63, 3.8) is 0 Å². The molecule has 0 heterocycles. The van der Waals surface area contributed by atoms with Gasteiger partial charge in [0.25, 0.3) is 6.47 Å². The molecule has 39 heavy (non-hydrogen) atoms. The third-order valence-corrected chi connectivity index (χ3v) is 12.1. The number of aliphatic hydroxyl groups excluding tert-OH is 2. The van der Waals surface area contributed by atoms with E-state index in [1.807, 2.05) is 0 Å². The number of hydrogen-bond acceptors (Lipinski definition) is 6. The summed E-state index contributed by atoms with van der Waals surface area (Å²) >= 11 is 0. The largest absolute Gasteiger partial charge is 0.481 e. The minimum atomic E-state index is -0.855. The number of aliphatic hydroxyl groups is 2. The summed E-state index contributed by atoms with van der Waals surface area (Å²) in [6.45, 7) is 9.87. The Kier molecular flexibility index (Phi) is 10.1. The maximum absolute atomic E-state index is 11.6. The summed E-state index contributed by atoms with van der Waals surface area (Å²) in [6, 6.07) is 0. The SMILES string of the molecule is CC(C)(C1CCC(OC2CCC(C(C)(C)C3CCC(O)C(C(=O)O)C3)CC2)CC1)C1CCC(O)C(OC=O)C1. The highest BCUT2D eigenvalue weighted by Crippen LogP contribution is 2.51. The highest BCUT2D eigenvalue weighted by molar-refractivity contribution is 5.70. The van der Waals surface area contributed by atoms with Gasteiger partial charge in [-0.05, 0) is 124 Å². The summed E-state index contributed by atoms with van der Waals surface area (Å²) in [4.78, 5) is 22.5. The van der Waals surface area contributed by atoms with Gasteiger partial charge in [0.1, 0.15) is 6.10 Å². The van der Waals surface area contributed by atoms with E-state index in [-0.39, 0.29) is 16.9 Å². The topological polar surface area (TPSA) is 113 Å². The molecule has 7 heteroatoms. The van der Waals surface area contributed by atoms with Gasteiger partial charge in [0.05, 0.1) is 30.3 Å². The number of rotatable bonds is 9. The third kappa shape index (κ3) is 7.01. The average molecular weight is 551 g/mol. The van der Waals surface area contributed by atoms with Gasteiger partial charge in [0.15, 0.2) is 0 Å². The molecule has 0 amide bonds. The van der Waals surface area contributed by atoms with E-state index in [0.29, 0.717) is 61.6 Å². The van der Waals surface area contributed by atoms with Crippen molar-refractivity contribution >= 4 is 12.4 Å². The summed E-state index contributed by atoms with van der Waals surface area (Å²) in [7, 11) is 0. The van der Waals surface area contributed by atoms with Crippen LogP contribution in [-0.2, 0) is 19.1 Å². The number of carbonyl (C=O) groups is 2. The molecule has 0 aromatic rings. The maximum Gasteiger partial charge on any atom is 0.309 e. The normalized spacial score (nSPS) is 40.6. The lowest BCUT2D eigenvalue weighted by Gasteiger charge is -2.48. The molecule has 0 aromatic carbocycles. The number of aliphatic carboxylic acids is 1. The molecule has 0 bridgehead atoms. The first-order valence-corrected chi connectivity index (χ1v) is 15.8. The van der Waals surface area contributed by atoms with Gasteiger partial charge in [-0.3, -0.25) is 9.59 Å². The lowest BCUT2D eigenvalue weighted by Crippen LogP contribution is -2.44. The van der Waals surface area contributed by atoms with Gasteiger partial charge in [-0.2, -0.15) is 0 Å². The van der Waals surface area contributed by atoms with Gasteiger partial charge in [0, 0.05) is 0 Å². The number of carboxylic acid groups (broad SMARTS) is 1. The fourth-order valence-electron chi connectivity index (χ4n) is 8.93. The summed E-state index contributed by atoms with van der Waals surface area (Å²) in [6.07, 6.45) is 12.6. The quantitative estimate of drug-likeness (QED) is 0.314. The lowest BCUT2D eigenvalue weighted by molar-refractivity contribution is -0.150.